The first kappa shape index (κ1) is 35.4. The van der Waals surface area contributed by atoms with Crippen molar-refractivity contribution < 1.29 is 14.4 Å². The summed E-state index contributed by atoms with van der Waals surface area (Å²) in [6.45, 7) is 4.80. The van der Waals surface area contributed by atoms with E-state index in [1.165, 1.54) is 45.1 Å². The third-order valence-corrected chi connectivity index (χ3v) is 12.1. The van der Waals surface area contributed by atoms with Crippen LogP contribution in [-0.2, 0) is 19.8 Å². The van der Waals surface area contributed by atoms with Gasteiger partial charge in [-0.15, -0.1) is 0 Å². The number of carbonyl (C=O) groups excluding carboxylic acids is 3. The number of nitrogens with zero attached hydrogens (tertiary/aromatic N) is 3. The normalized spacial score (nSPS) is 24.8. The lowest BCUT2D eigenvalue weighted by Crippen LogP contribution is -2.56. The SMILES string of the molecule is N[C@@H]1C[C@@H](C(=O)N2CCC[C@@H]2C(=O)NC[C@H]2CCCN(CC3CCCCC3)C2)N(C(=O)C(c2ccccc2)(c2ccccc2)c2ccccc2)C1. The molecule has 4 fully saturated rings. The predicted octanol–water partition coefficient (Wildman–Crippen LogP) is 5.35. The largest absolute Gasteiger partial charge is 0.354 e. The zero-order chi connectivity index (χ0) is 35.2. The van der Waals surface area contributed by atoms with E-state index >= 15 is 4.79 Å². The second-order valence-electron chi connectivity index (χ2n) is 15.5. The van der Waals surface area contributed by atoms with E-state index in [4.69, 9.17) is 5.73 Å². The Bertz CT molecular complexity index is 1520. The van der Waals surface area contributed by atoms with Gasteiger partial charge in [-0.05, 0) is 80.0 Å². The highest BCUT2D eigenvalue weighted by Crippen LogP contribution is 2.42. The molecule has 3 aliphatic heterocycles. The first-order chi connectivity index (χ1) is 24.9. The van der Waals surface area contributed by atoms with E-state index in [1.54, 1.807) is 9.80 Å². The Morgan fingerprint density at radius 3 is 1.82 bits per heavy atom. The van der Waals surface area contributed by atoms with E-state index in [9.17, 15) is 9.59 Å². The quantitative estimate of drug-likeness (QED) is 0.280. The van der Waals surface area contributed by atoms with E-state index in [0.29, 0.717) is 31.8 Å². The summed E-state index contributed by atoms with van der Waals surface area (Å²) in [5, 5.41) is 3.26. The number of piperidine rings is 1. The summed E-state index contributed by atoms with van der Waals surface area (Å²) in [6.07, 6.45) is 10.9. The van der Waals surface area contributed by atoms with Crippen molar-refractivity contribution >= 4 is 17.7 Å². The molecule has 3 N–H and O–H groups in total. The minimum Gasteiger partial charge on any atom is -0.354 e. The van der Waals surface area contributed by atoms with Gasteiger partial charge < -0.3 is 25.8 Å². The third kappa shape index (κ3) is 7.49. The zero-order valence-electron chi connectivity index (χ0n) is 30.0. The van der Waals surface area contributed by atoms with Crippen LogP contribution in [0, 0.1) is 11.8 Å². The molecule has 0 radical (unpaired) electrons. The number of rotatable bonds is 10. The molecule has 7 rings (SSSR count). The van der Waals surface area contributed by atoms with Crippen LogP contribution in [-0.4, -0.2) is 89.8 Å². The fourth-order valence-corrected chi connectivity index (χ4v) is 9.55. The van der Waals surface area contributed by atoms with Crippen LogP contribution in [0.2, 0.25) is 0 Å². The smallest absolute Gasteiger partial charge is 0.246 e. The molecule has 4 atom stereocenters. The fraction of sp³-hybridized carbons (Fsp3) is 0.512. The molecule has 3 amide bonds. The van der Waals surface area contributed by atoms with Gasteiger partial charge in [0.15, 0.2) is 0 Å². The van der Waals surface area contributed by atoms with Gasteiger partial charge in [-0.25, -0.2) is 0 Å². The Balaban J connectivity index is 1.09. The van der Waals surface area contributed by atoms with Crippen molar-refractivity contribution in [2.24, 2.45) is 17.6 Å². The number of nitrogens with two attached hydrogens (primary N) is 1. The van der Waals surface area contributed by atoms with Crippen molar-refractivity contribution in [3.63, 3.8) is 0 Å². The van der Waals surface area contributed by atoms with Crippen LogP contribution in [0.4, 0.5) is 0 Å². The third-order valence-electron chi connectivity index (χ3n) is 12.1. The van der Waals surface area contributed by atoms with Gasteiger partial charge in [0.05, 0.1) is 0 Å². The molecule has 0 bridgehead atoms. The van der Waals surface area contributed by atoms with Crippen LogP contribution < -0.4 is 11.1 Å². The van der Waals surface area contributed by atoms with Gasteiger partial charge in [-0.1, -0.05) is 110 Å². The highest BCUT2D eigenvalue weighted by atomic mass is 16.2. The van der Waals surface area contributed by atoms with Gasteiger partial charge in [-0.2, -0.15) is 0 Å². The lowest BCUT2D eigenvalue weighted by Gasteiger charge is -2.40. The average molecular weight is 690 g/mol. The van der Waals surface area contributed by atoms with Crippen LogP contribution in [0.15, 0.2) is 91.0 Å². The summed E-state index contributed by atoms with van der Waals surface area (Å²) in [6, 6.07) is 27.9. The lowest BCUT2D eigenvalue weighted by atomic mass is 9.68. The molecule has 1 aliphatic carbocycles. The molecule has 0 unspecified atom stereocenters. The molecule has 4 aliphatic rings. The maximum absolute atomic E-state index is 15.4. The Kier molecular flexibility index (Phi) is 11.2. The number of hydrogen-bond acceptors (Lipinski definition) is 5. The molecule has 0 spiro atoms. The molecular formula is C43H55N5O3. The van der Waals surface area contributed by atoms with Crippen molar-refractivity contribution in [1.82, 2.24) is 20.0 Å². The highest BCUT2D eigenvalue weighted by Gasteiger charge is 2.52. The molecule has 3 aromatic carbocycles. The average Bonchev–Trinajstić information content (AvgIpc) is 3.83. The molecule has 8 nitrogen and oxygen atoms in total. The van der Waals surface area contributed by atoms with Crippen molar-refractivity contribution in [1.29, 1.82) is 0 Å². The maximum Gasteiger partial charge on any atom is 0.246 e. The van der Waals surface area contributed by atoms with Gasteiger partial charge >= 0.3 is 0 Å². The topological polar surface area (TPSA) is 99.0 Å². The highest BCUT2D eigenvalue weighted by molar-refractivity contribution is 6.00. The van der Waals surface area contributed by atoms with Crippen molar-refractivity contribution in [2.75, 3.05) is 39.3 Å². The second kappa shape index (κ2) is 16.1. The first-order valence-corrected chi connectivity index (χ1v) is 19.5. The number of hydrogen-bond donors (Lipinski definition) is 2. The Morgan fingerprint density at radius 2 is 1.22 bits per heavy atom. The zero-order valence-corrected chi connectivity index (χ0v) is 30.0. The van der Waals surface area contributed by atoms with E-state index in [1.807, 2.05) is 91.0 Å². The summed E-state index contributed by atoms with van der Waals surface area (Å²) in [5.41, 5.74) is 7.89. The number of benzene rings is 3. The van der Waals surface area contributed by atoms with E-state index in [2.05, 4.69) is 10.2 Å². The predicted molar refractivity (Wildman–Crippen MR) is 201 cm³/mol. The minimum atomic E-state index is -1.20. The standard InChI is InChI=1S/C43H55N5O3/c44-37-27-39(41(50)47-26-14-24-38(47)40(49)45-28-33-17-13-25-46(30-33)29-32-15-5-1-6-16-32)48(31-37)42(51)43(34-18-7-2-8-19-34,35-20-9-3-10-21-35)36-22-11-4-12-23-36/h2-4,7-12,18-23,32-33,37-39H,1,5-6,13-17,24-31,44H2,(H,45,49)/t33-,37-,38-,39+/m1/s1. The van der Waals surface area contributed by atoms with Gasteiger partial charge in [0.1, 0.15) is 17.5 Å². The Morgan fingerprint density at radius 1 is 0.647 bits per heavy atom. The molecule has 51 heavy (non-hydrogen) atoms. The lowest BCUT2D eigenvalue weighted by molar-refractivity contribution is -0.147. The van der Waals surface area contributed by atoms with Crippen LogP contribution in [0.25, 0.3) is 0 Å². The fourth-order valence-electron chi connectivity index (χ4n) is 9.55. The summed E-state index contributed by atoms with van der Waals surface area (Å²) in [5.74, 6) is 0.831. The Hall–Kier alpha value is -4.01. The number of carbonyl (C=O) groups is 3. The van der Waals surface area contributed by atoms with Gasteiger partial charge in [0, 0.05) is 38.8 Å². The molecule has 3 heterocycles. The monoisotopic (exact) mass is 689 g/mol. The van der Waals surface area contributed by atoms with Crippen LogP contribution in [0.1, 0.15) is 80.9 Å². The van der Waals surface area contributed by atoms with Crippen LogP contribution in [0.3, 0.4) is 0 Å². The summed E-state index contributed by atoms with van der Waals surface area (Å²) >= 11 is 0. The maximum atomic E-state index is 15.4. The van der Waals surface area contributed by atoms with Crippen LogP contribution >= 0.6 is 0 Å². The number of nitrogens with one attached hydrogen (secondary N) is 1. The molecular weight excluding hydrogens is 635 g/mol. The molecule has 0 aromatic heterocycles. The number of likely N-dealkylation sites (tertiary alicyclic amines) is 3. The van der Waals surface area contributed by atoms with Crippen LogP contribution in [0.5, 0.6) is 0 Å². The molecule has 1 saturated carbocycles. The van der Waals surface area contributed by atoms with Crippen molar-refractivity contribution in [3.8, 4) is 0 Å². The molecule has 270 valence electrons. The van der Waals surface area contributed by atoms with Gasteiger partial charge in [-0.3, -0.25) is 14.4 Å². The van der Waals surface area contributed by atoms with E-state index in [0.717, 1.165) is 48.5 Å². The molecule has 3 aromatic rings. The van der Waals surface area contributed by atoms with Crippen molar-refractivity contribution in [2.45, 2.75) is 87.7 Å². The van der Waals surface area contributed by atoms with E-state index < -0.39 is 17.5 Å². The summed E-state index contributed by atoms with van der Waals surface area (Å²) in [4.78, 5) is 49.9. The van der Waals surface area contributed by atoms with E-state index in [-0.39, 0.29) is 30.3 Å². The van der Waals surface area contributed by atoms with Gasteiger partial charge in [0.25, 0.3) is 0 Å². The minimum absolute atomic E-state index is 0.0716. The summed E-state index contributed by atoms with van der Waals surface area (Å²) in [7, 11) is 0. The van der Waals surface area contributed by atoms with Crippen molar-refractivity contribution in [3.05, 3.63) is 108 Å². The second-order valence-corrected chi connectivity index (χ2v) is 15.5. The molecule has 3 saturated heterocycles. The van der Waals surface area contributed by atoms with Gasteiger partial charge in [0.2, 0.25) is 17.7 Å². The molecule has 8 heteroatoms. The summed E-state index contributed by atoms with van der Waals surface area (Å²) < 4.78 is 0. The Labute approximate surface area is 303 Å². The number of amides is 3. The first-order valence-electron chi connectivity index (χ1n) is 19.5.